The predicted molar refractivity (Wildman–Crippen MR) is 73.4 cm³/mol. The number of likely N-dealkylation sites (tertiary alicyclic amines) is 2. The highest BCUT2D eigenvalue weighted by molar-refractivity contribution is 4.82. The average Bonchev–Trinajstić information content (AvgIpc) is 2.55. The molecule has 0 aromatic carbocycles. The SMILES string of the molecule is CNCC1CCCN(C2CCCN(C)CC2)C1. The van der Waals surface area contributed by atoms with Gasteiger partial charge in [0, 0.05) is 12.6 Å². The van der Waals surface area contributed by atoms with Crippen LogP contribution in [0, 0.1) is 5.92 Å². The number of hydrogen-bond acceptors (Lipinski definition) is 3. The maximum atomic E-state index is 3.35. The Morgan fingerprint density at radius 2 is 1.88 bits per heavy atom. The number of nitrogens with zero attached hydrogens (tertiary/aromatic N) is 2. The van der Waals surface area contributed by atoms with Gasteiger partial charge in [0.15, 0.2) is 0 Å². The standard InChI is InChI=1S/C14H29N3/c1-15-11-13-5-3-9-17(12-13)14-6-4-8-16(2)10-7-14/h13-15H,3-12H2,1-2H3. The lowest BCUT2D eigenvalue weighted by atomic mass is 9.95. The third kappa shape index (κ3) is 3.94. The lowest BCUT2D eigenvalue weighted by molar-refractivity contribution is 0.113. The first kappa shape index (κ1) is 13.3. The smallest absolute Gasteiger partial charge is 0.0108 e. The zero-order chi connectivity index (χ0) is 12.1. The molecule has 0 amide bonds. The first-order valence-corrected chi connectivity index (χ1v) is 7.37. The van der Waals surface area contributed by atoms with Gasteiger partial charge >= 0.3 is 0 Å². The van der Waals surface area contributed by atoms with E-state index in [2.05, 4.69) is 29.2 Å². The summed E-state index contributed by atoms with van der Waals surface area (Å²) in [6, 6.07) is 0.861. The summed E-state index contributed by atoms with van der Waals surface area (Å²) in [7, 11) is 4.35. The summed E-state index contributed by atoms with van der Waals surface area (Å²) in [5, 5.41) is 3.35. The molecule has 3 nitrogen and oxygen atoms in total. The molecule has 100 valence electrons. The molecule has 2 fully saturated rings. The molecule has 0 radical (unpaired) electrons. The number of rotatable bonds is 3. The van der Waals surface area contributed by atoms with Crippen LogP contribution in [0.25, 0.3) is 0 Å². The van der Waals surface area contributed by atoms with Gasteiger partial charge in [-0.3, -0.25) is 0 Å². The number of piperidine rings is 1. The molecule has 0 aromatic rings. The summed E-state index contributed by atoms with van der Waals surface area (Å²) in [6.07, 6.45) is 7.00. The van der Waals surface area contributed by atoms with Gasteiger partial charge in [-0.1, -0.05) is 0 Å². The quantitative estimate of drug-likeness (QED) is 0.803. The van der Waals surface area contributed by atoms with Gasteiger partial charge in [0.05, 0.1) is 0 Å². The Labute approximate surface area is 107 Å². The molecule has 2 aliphatic rings. The molecule has 17 heavy (non-hydrogen) atoms. The first-order chi connectivity index (χ1) is 8.29. The van der Waals surface area contributed by atoms with Crippen molar-refractivity contribution >= 4 is 0 Å². The molecule has 2 rings (SSSR count). The fourth-order valence-corrected chi connectivity index (χ4v) is 3.47. The predicted octanol–water partition coefficient (Wildman–Crippen LogP) is 1.40. The van der Waals surface area contributed by atoms with Gasteiger partial charge < -0.3 is 15.1 Å². The zero-order valence-electron chi connectivity index (χ0n) is 11.6. The molecular weight excluding hydrogens is 210 g/mol. The lowest BCUT2D eigenvalue weighted by Gasteiger charge is -2.38. The van der Waals surface area contributed by atoms with Gasteiger partial charge in [0.2, 0.25) is 0 Å². The molecule has 2 saturated heterocycles. The lowest BCUT2D eigenvalue weighted by Crippen LogP contribution is -2.45. The molecule has 0 aromatic heterocycles. The second-order valence-corrected chi connectivity index (χ2v) is 5.95. The molecule has 3 heteroatoms. The Bertz CT molecular complexity index is 218. The Morgan fingerprint density at radius 3 is 2.71 bits per heavy atom. The van der Waals surface area contributed by atoms with Crippen molar-refractivity contribution in [2.75, 3.05) is 46.8 Å². The van der Waals surface area contributed by atoms with E-state index in [0.29, 0.717) is 0 Å². The summed E-state index contributed by atoms with van der Waals surface area (Å²) in [5.74, 6) is 0.884. The van der Waals surface area contributed by atoms with E-state index in [0.717, 1.165) is 12.0 Å². The highest BCUT2D eigenvalue weighted by Crippen LogP contribution is 2.23. The van der Waals surface area contributed by atoms with Crippen molar-refractivity contribution in [3.05, 3.63) is 0 Å². The molecule has 1 N–H and O–H groups in total. The van der Waals surface area contributed by atoms with E-state index >= 15 is 0 Å². The fourth-order valence-electron chi connectivity index (χ4n) is 3.47. The van der Waals surface area contributed by atoms with Crippen LogP contribution in [-0.4, -0.2) is 62.7 Å². The minimum atomic E-state index is 0.861. The van der Waals surface area contributed by atoms with Crippen molar-refractivity contribution in [1.82, 2.24) is 15.1 Å². The van der Waals surface area contributed by atoms with E-state index in [-0.39, 0.29) is 0 Å². The molecule has 2 atom stereocenters. The molecule has 0 bridgehead atoms. The van der Waals surface area contributed by atoms with Crippen LogP contribution in [0.3, 0.4) is 0 Å². The average molecular weight is 239 g/mol. The van der Waals surface area contributed by atoms with Crippen molar-refractivity contribution in [3.63, 3.8) is 0 Å². The second kappa shape index (κ2) is 6.72. The van der Waals surface area contributed by atoms with Gasteiger partial charge in [-0.15, -0.1) is 0 Å². The van der Waals surface area contributed by atoms with E-state index in [9.17, 15) is 0 Å². The Balaban J connectivity index is 1.83. The van der Waals surface area contributed by atoms with E-state index in [1.807, 2.05) is 0 Å². The minimum Gasteiger partial charge on any atom is -0.319 e. The summed E-state index contributed by atoms with van der Waals surface area (Å²) < 4.78 is 0. The summed E-state index contributed by atoms with van der Waals surface area (Å²) >= 11 is 0. The normalized spacial score (nSPS) is 33.5. The van der Waals surface area contributed by atoms with Crippen LogP contribution in [0.15, 0.2) is 0 Å². The van der Waals surface area contributed by atoms with E-state index in [1.54, 1.807) is 0 Å². The largest absolute Gasteiger partial charge is 0.319 e. The van der Waals surface area contributed by atoms with Crippen LogP contribution in [0.1, 0.15) is 32.1 Å². The van der Waals surface area contributed by atoms with Crippen LogP contribution >= 0.6 is 0 Å². The second-order valence-electron chi connectivity index (χ2n) is 5.95. The van der Waals surface area contributed by atoms with Crippen molar-refractivity contribution in [2.45, 2.75) is 38.1 Å². The fraction of sp³-hybridized carbons (Fsp3) is 1.00. The van der Waals surface area contributed by atoms with Crippen molar-refractivity contribution in [1.29, 1.82) is 0 Å². The highest BCUT2D eigenvalue weighted by atomic mass is 15.2. The molecule has 2 unspecified atom stereocenters. The van der Waals surface area contributed by atoms with Crippen LogP contribution in [-0.2, 0) is 0 Å². The van der Waals surface area contributed by atoms with Gasteiger partial charge in [-0.2, -0.15) is 0 Å². The van der Waals surface area contributed by atoms with Crippen LogP contribution in [0.2, 0.25) is 0 Å². The van der Waals surface area contributed by atoms with E-state index in [1.165, 1.54) is 64.8 Å². The van der Waals surface area contributed by atoms with Crippen molar-refractivity contribution < 1.29 is 0 Å². The molecule has 2 heterocycles. The Kier molecular flexibility index (Phi) is 5.26. The van der Waals surface area contributed by atoms with Crippen molar-refractivity contribution in [2.24, 2.45) is 5.92 Å². The molecule has 0 saturated carbocycles. The van der Waals surface area contributed by atoms with Gasteiger partial charge in [0.1, 0.15) is 0 Å². The van der Waals surface area contributed by atoms with E-state index in [4.69, 9.17) is 0 Å². The van der Waals surface area contributed by atoms with Gasteiger partial charge in [0.25, 0.3) is 0 Å². The Morgan fingerprint density at radius 1 is 1.06 bits per heavy atom. The third-order valence-corrected chi connectivity index (χ3v) is 4.48. The minimum absolute atomic E-state index is 0.861. The topological polar surface area (TPSA) is 18.5 Å². The zero-order valence-corrected chi connectivity index (χ0v) is 11.6. The summed E-state index contributed by atoms with van der Waals surface area (Å²) in [4.78, 5) is 5.28. The monoisotopic (exact) mass is 239 g/mol. The van der Waals surface area contributed by atoms with Crippen LogP contribution in [0.5, 0.6) is 0 Å². The van der Waals surface area contributed by atoms with Gasteiger partial charge in [-0.05, 0) is 78.3 Å². The van der Waals surface area contributed by atoms with Crippen LogP contribution < -0.4 is 5.32 Å². The molecule has 2 aliphatic heterocycles. The Hall–Kier alpha value is -0.120. The van der Waals surface area contributed by atoms with Gasteiger partial charge in [-0.25, -0.2) is 0 Å². The summed E-state index contributed by atoms with van der Waals surface area (Å²) in [5.41, 5.74) is 0. The number of nitrogens with one attached hydrogen (secondary N) is 1. The third-order valence-electron chi connectivity index (χ3n) is 4.48. The molecule has 0 aliphatic carbocycles. The van der Waals surface area contributed by atoms with E-state index < -0.39 is 0 Å². The molecular formula is C14H29N3. The first-order valence-electron chi connectivity index (χ1n) is 7.37. The molecule has 0 spiro atoms. The summed E-state index contributed by atoms with van der Waals surface area (Å²) in [6.45, 7) is 6.45. The van der Waals surface area contributed by atoms with Crippen LogP contribution in [0.4, 0.5) is 0 Å². The van der Waals surface area contributed by atoms with Crippen molar-refractivity contribution in [3.8, 4) is 0 Å². The highest BCUT2D eigenvalue weighted by Gasteiger charge is 2.26. The number of hydrogen-bond donors (Lipinski definition) is 1. The maximum absolute atomic E-state index is 3.35. The maximum Gasteiger partial charge on any atom is 0.0108 e.